The first-order valence-corrected chi connectivity index (χ1v) is 5.82. The zero-order chi connectivity index (χ0) is 10.7. The molecule has 0 bridgehead atoms. The van der Waals surface area contributed by atoms with Gasteiger partial charge in [-0.05, 0) is 6.92 Å². The first-order chi connectivity index (χ1) is 7.25. The maximum atomic E-state index is 11.7. The molecule has 2 heterocycles. The van der Waals surface area contributed by atoms with Crippen LogP contribution in [-0.2, 0) is 4.79 Å². The molecule has 1 amide bonds. The molecule has 1 atom stereocenters. The quantitative estimate of drug-likeness (QED) is 0.760. The molecule has 2 N–H and O–H groups in total. The lowest BCUT2D eigenvalue weighted by atomic mass is 10.3. The number of hydrogen-bond donors (Lipinski definition) is 2. The summed E-state index contributed by atoms with van der Waals surface area (Å²) >= 11 is 1.72. The van der Waals surface area contributed by atoms with E-state index in [0.29, 0.717) is 11.5 Å². The molecule has 0 spiro atoms. The second kappa shape index (κ2) is 4.59. The predicted molar refractivity (Wildman–Crippen MR) is 59.6 cm³/mol. The smallest absolute Gasteiger partial charge is 0.242 e. The summed E-state index contributed by atoms with van der Waals surface area (Å²) in [6.45, 7) is 1.81. The third-order valence-electron chi connectivity index (χ3n) is 2.08. The number of aryl methyl sites for hydroxylation is 1. The van der Waals surface area contributed by atoms with Crippen LogP contribution in [0.15, 0.2) is 12.4 Å². The van der Waals surface area contributed by atoms with Crippen LogP contribution in [0.5, 0.6) is 0 Å². The second-order valence-corrected chi connectivity index (χ2v) is 4.31. The topological polar surface area (TPSA) is 66.9 Å². The van der Waals surface area contributed by atoms with Crippen LogP contribution in [0.3, 0.4) is 0 Å². The van der Waals surface area contributed by atoms with Crippen molar-refractivity contribution in [1.82, 2.24) is 15.3 Å². The van der Waals surface area contributed by atoms with Crippen LogP contribution in [0.4, 0.5) is 5.69 Å². The molecule has 5 nitrogen and oxygen atoms in total. The monoisotopic (exact) mass is 224 g/mol. The highest BCUT2D eigenvalue weighted by Gasteiger charge is 2.22. The summed E-state index contributed by atoms with van der Waals surface area (Å²) in [7, 11) is 0. The Morgan fingerprint density at radius 3 is 2.93 bits per heavy atom. The minimum Gasteiger partial charge on any atom is -0.322 e. The molecule has 1 saturated heterocycles. The molecule has 1 aliphatic rings. The Kier molecular flexibility index (Phi) is 3.17. The van der Waals surface area contributed by atoms with Gasteiger partial charge in [0, 0.05) is 11.6 Å². The van der Waals surface area contributed by atoms with E-state index < -0.39 is 0 Å². The van der Waals surface area contributed by atoms with Crippen molar-refractivity contribution in [3.63, 3.8) is 0 Å². The van der Waals surface area contributed by atoms with Gasteiger partial charge in [-0.25, -0.2) is 9.97 Å². The van der Waals surface area contributed by atoms with Crippen molar-refractivity contribution in [3.05, 3.63) is 18.2 Å². The van der Waals surface area contributed by atoms with Gasteiger partial charge in [-0.2, -0.15) is 0 Å². The normalized spacial score (nSPS) is 20.2. The third kappa shape index (κ3) is 2.66. The highest BCUT2D eigenvalue weighted by atomic mass is 32.2. The van der Waals surface area contributed by atoms with Crippen LogP contribution in [-0.4, -0.2) is 33.5 Å². The van der Waals surface area contributed by atoms with Crippen LogP contribution >= 0.6 is 11.8 Å². The molecule has 1 aliphatic heterocycles. The Bertz CT molecular complexity index is 348. The Morgan fingerprint density at radius 1 is 1.60 bits per heavy atom. The predicted octanol–water partition coefficient (Wildman–Crippen LogP) is 0.386. The molecular formula is C9H12N4OS. The number of thioether (sulfide) groups is 1. The summed E-state index contributed by atoms with van der Waals surface area (Å²) in [5, 5.41) is 5.87. The number of rotatable bonds is 2. The van der Waals surface area contributed by atoms with Crippen LogP contribution in [0.25, 0.3) is 0 Å². The van der Waals surface area contributed by atoms with Gasteiger partial charge < -0.3 is 5.32 Å². The van der Waals surface area contributed by atoms with E-state index in [1.807, 2.05) is 0 Å². The molecule has 80 valence electrons. The van der Waals surface area contributed by atoms with Crippen LogP contribution < -0.4 is 10.6 Å². The van der Waals surface area contributed by atoms with Gasteiger partial charge in [0.1, 0.15) is 5.82 Å². The molecule has 0 saturated carbocycles. The summed E-state index contributed by atoms with van der Waals surface area (Å²) in [5.41, 5.74) is 0.643. The average molecular weight is 224 g/mol. The molecule has 1 unspecified atom stereocenters. The van der Waals surface area contributed by atoms with Gasteiger partial charge in [-0.15, -0.1) is 11.8 Å². The van der Waals surface area contributed by atoms with Crippen LogP contribution in [0.1, 0.15) is 5.82 Å². The van der Waals surface area contributed by atoms with Crippen LogP contribution in [0, 0.1) is 6.92 Å². The number of nitrogens with one attached hydrogen (secondary N) is 2. The van der Waals surface area contributed by atoms with E-state index in [4.69, 9.17) is 0 Å². The molecular weight excluding hydrogens is 212 g/mol. The minimum absolute atomic E-state index is 0.0209. The fourth-order valence-corrected chi connectivity index (χ4v) is 2.19. The first-order valence-electron chi connectivity index (χ1n) is 4.66. The Hall–Kier alpha value is -1.14. The molecule has 1 aromatic heterocycles. The Labute approximate surface area is 92.1 Å². The van der Waals surface area contributed by atoms with Crippen molar-refractivity contribution in [2.75, 3.05) is 16.9 Å². The Balaban J connectivity index is 1.96. The summed E-state index contributed by atoms with van der Waals surface area (Å²) in [5.74, 6) is 2.33. The van der Waals surface area contributed by atoms with Gasteiger partial charge in [0.15, 0.2) is 0 Å². The van der Waals surface area contributed by atoms with E-state index in [0.717, 1.165) is 11.6 Å². The lowest BCUT2D eigenvalue weighted by Gasteiger charge is -2.09. The van der Waals surface area contributed by atoms with Crippen molar-refractivity contribution in [2.45, 2.75) is 13.0 Å². The van der Waals surface area contributed by atoms with E-state index in [-0.39, 0.29) is 11.9 Å². The average Bonchev–Trinajstić information content (AvgIpc) is 2.74. The van der Waals surface area contributed by atoms with Gasteiger partial charge in [0.2, 0.25) is 5.91 Å². The standard InChI is InChI=1S/C9H12N4OS/c1-6-10-2-7(3-11-6)13-9(14)8-4-15-5-12-8/h2-3,8,12H,4-5H2,1H3,(H,13,14). The molecule has 6 heteroatoms. The fourth-order valence-electron chi connectivity index (χ4n) is 1.25. The summed E-state index contributed by atoms with van der Waals surface area (Å²) in [6.07, 6.45) is 3.23. The van der Waals surface area contributed by atoms with E-state index in [1.54, 1.807) is 31.1 Å². The van der Waals surface area contributed by atoms with Gasteiger partial charge in [0.05, 0.1) is 24.1 Å². The molecule has 0 aromatic carbocycles. The number of anilines is 1. The zero-order valence-electron chi connectivity index (χ0n) is 8.36. The van der Waals surface area contributed by atoms with E-state index in [9.17, 15) is 4.79 Å². The maximum absolute atomic E-state index is 11.7. The fraction of sp³-hybridized carbons (Fsp3) is 0.444. The van der Waals surface area contributed by atoms with E-state index in [1.165, 1.54) is 0 Å². The summed E-state index contributed by atoms with van der Waals surface area (Å²) < 4.78 is 0. The molecule has 1 fully saturated rings. The van der Waals surface area contributed by atoms with E-state index in [2.05, 4.69) is 20.6 Å². The molecule has 15 heavy (non-hydrogen) atoms. The maximum Gasteiger partial charge on any atom is 0.242 e. The molecule has 1 aromatic rings. The van der Waals surface area contributed by atoms with Crippen molar-refractivity contribution in [3.8, 4) is 0 Å². The van der Waals surface area contributed by atoms with Crippen LogP contribution in [0.2, 0.25) is 0 Å². The van der Waals surface area contributed by atoms with E-state index >= 15 is 0 Å². The Morgan fingerprint density at radius 2 is 2.33 bits per heavy atom. The number of amides is 1. The lowest BCUT2D eigenvalue weighted by molar-refractivity contribution is -0.117. The first kappa shape index (κ1) is 10.4. The lowest BCUT2D eigenvalue weighted by Crippen LogP contribution is -2.37. The highest BCUT2D eigenvalue weighted by molar-refractivity contribution is 7.99. The van der Waals surface area contributed by atoms with Gasteiger partial charge in [-0.1, -0.05) is 0 Å². The molecule has 0 aliphatic carbocycles. The van der Waals surface area contributed by atoms with Crippen molar-refractivity contribution in [2.24, 2.45) is 0 Å². The number of carbonyl (C=O) groups excluding carboxylic acids is 1. The number of hydrogen-bond acceptors (Lipinski definition) is 5. The molecule has 2 rings (SSSR count). The molecule has 0 radical (unpaired) electrons. The number of carbonyl (C=O) groups is 1. The summed E-state index contributed by atoms with van der Waals surface area (Å²) in [4.78, 5) is 19.7. The van der Waals surface area contributed by atoms with Gasteiger partial charge >= 0.3 is 0 Å². The summed E-state index contributed by atoms with van der Waals surface area (Å²) in [6, 6.07) is -0.101. The SMILES string of the molecule is Cc1ncc(NC(=O)C2CSCN2)cn1. The van der Waals surface area contributed by atoms with Crippen molar-refractivity contribution >= 4 is 23.4 Å². The number of aromatic nitrogens is 2. The minimum atomic E-state index is -0.101. The zero-order valence-corrected chi connectivity index (χ0v) is 9.17. The van der Waals surface area contributed by atoms with Crippen molar-refractivity contribution < 1.29 is 4.79 Å². The van der Waals surface area contributed by atoms with Crippen molar-refractivity contribution in [1.29, 1.82) is 0 Å². The second-order valence-electron chi connectivity index (χ2n) is 3.28. The number of nitrogens with zero attached hydrogens (tertiary/aromatic N) is 2. The highest BCUT2D eigenvalue weighted by Crippen LogP contribution is 2.11. The van der Waals surface area contributed by atoms with Gasteiger partial charge in [0.25, 0.3) is 0 Å². The third-order valence-corrected chi connectivity index (χ3v) is 3.02. The van der Waals surface area contributed by atoms with Gasteiger partial charge in [-0.3, -0.25) is 10.1 Å². The largest absolute Gasteiger partial charge is 0.322 e.